The molecular weight excluding hydrogens is 130 g/mol. The maximum atomic E-state index is 10.2. The van der Waals surface area contributed by atoms with Crippen LogP contribution in [-0.4, -0.2) is 12.1 Å². The lowest BCUT2D eigenvalue weighted by molar-refractivity contribution is 0.245. The Kier molecular flexibility index (Phi) is 3.26. The average molecular weight is 141 g/mol. The van der Waals surface area contributed by atoms with E-state index in [2.05, 4.69) is 5.32 Å². The molecule has 4 heteroatoms. The normalized spacial score (nSPS) is 12.2. The van der Waals surface area contributed by atoms with Gasteiger partial charge in [0.1, 0.15) is 6.04 Å². The summed E-state index contributed by atoms with van der Waals surface area (Å²) in [5.74, 6) is 0.0949. The molecule has 1 unspecified atom stereocenters. The highest BCUT2D eigenvalue weighted by Crippen LogP contribution is 1.98. The van der Waals surface area contributed by atoms with Crippen LogP contribution in [-0.2, 0) is 0 Å². The van der Waals surface area contributed by atoms with Gasteiger partial charge in [-0.05, 0) is 5.92 Å². The van der Waals surface area contributed by atoms with E-state index in [-0.39, 0.29) is 5.92 Å². The average Bonchev–Trinajstić information content (AvgIpc) is 1.81. The lowest BCUT2D eigenvalue weighted by Gasteiger charge is -2.11. The summed E-state index contributed by atoms with van der Waals surface area (Å²) in [6, 6.07) is 0.794. The van der Waals surface area contributed by atoms with Crippen LogP contribution < -0.4 is 11.1 Å². The van der Waals surface area contributed by atoms with Crippen molar-refractivity contribution in [2.45, 2.75) is 19.9 Å². The van der Waals surface area contributed by atoms with Crippen LogP contribution in [0.5, 0.6) is 0 Å². The number of nitriles is 1. The van der Waals surface area contributed by atoms with Crippen molar-refractivity contribution in [3.8, 4) is 6.07 Å². The molecule has 0 aromatic carbocycles. The van der Waals surface area contributed by atoms with Gasteiger partial charge in [-0.2, -0.15) is 5.26 Å². The lowest BCUT2D eigenvalue weighted by atomic mass is 10.1. The number of nitrogens with two attached hydrogens (primary N) is 1. The van der Waals surface area contributed by atoms with Gasteiger partial charge in [0.05, 0.1) is 6.07 Å². The zero-order chi connectivity index (χ0) is 8.15. The van der Waals surface area contributed by atoms with E-state index in [9.17, 15) is 4.79 Å². The van der Waals surface area contributed by atoms with E-state index in [4.69, 9.17) is 11.0 Å². The molecule has 0 aliphatic heterocycles. The van der Waals surface area contributed by atoms with Crippen LogP contribution in [0.1, 0.15) is 13.8 Å². The second-order valence-corrected chi connectivity index (χ2v) is 2.36. The fourth-order valence-corrected chi connectivity index (χ4v) is 0.501. The molecular formula is C6H11N3O. The quantitative estimate of drug-likeness (QED) is 0.576. The number of amides is 2. The number of rotatable bonds is 2. The molecule has 56 valence electrons. The molecule has 0 spiro atoms. The summed E-state index contributed by atoms with van der Waals surface area (Å²) >= 11 is 0. The first-order chi connectivity index (χ1) is 4.57. The maximum Gasteiger partial charge on any atom is 0.313 e. The van der Waals surface area contributed by atoms with Gasteiger partial charge in [0, 0.05) is 0 Å². The second kappa shape index (κ2) is 3.72. The molecule has 1 atom stereocenters. The van der Waals surface area contributed by atoms with Crippen LogP contribution in [0, 0.1) is 17.2 Å². The van der Waals surface area contributed by atoms with E-state index in [1.807, 2.05) is 19.9 Å². The number of primary amides is 1. The summed E-state index contributed by atoms with van der Waals surface area (Å²) in [5.41, 5.74) is 4.81. The van der Waals surface area contributed by atoms with Crippen molar-refractivity contribution in [1.29, 1.82) is 5.26 Å². The van der Waals surface area contributed by atoms with Crippen molar-refractivity contribution in [3.63, 3.8) is 0 Å². The third kappa shape index (κ3) is 2.92. The number of nitrogens with zero attached hydrogens (tertiary/aromatic N) is 1. The summed E-state index contributed by atoms with van der Waals surface area (Å²) in [6.07, 6.45) is 0. The Morgan fingerprint density at radius 2 is 2.20 bits per heavy atom. The zero-order valence-electron chi connectivity index (χ0n) is 6.09. The minimum Gasteiger partial charge on any atom is -0.352 e. The molecule has 0 aromatic heterocycles. The van der Waals surface area contributed by atoms with Gasteiger partial charge in [-0.3, -0.25) is 0 Å². The summed E-state index contributed by atoms with van der Waals surface area (Å²) in [7, 11) is 0. The molecule has 0 aliphatic carbocycles. The number of urea groups is 1. The van der Waals surface area contributed by atoms with Gasteiger partial charge in [0.15, 0.2) is 0 Å². The van der Waals surface area contributed by atoms with Gasteiger partial charge in [-0.15, -0.1) is 0 Å². The van der Waals surface area contributed by atoms with Gasteiger partial charge in [-0.25, -0.2) is 4.79 Å². The van der Waals surface area contributed by atoms with E-state index < -0.39 is 12.1 Å². The Bertz CT molecular complexity index is 159. The molecule has 10 heavy (non-hydrogen) atoms. The number of carbonyl (C=O) groups excluding carboxylic acids is 1. The largest absolute Gasteiger partial charge is 0.352 e. The molecule has 0 fully saturated rings. The molecule has 0 aliphatic rings. The standard InChI is InChI=1S/C6H11N3O/c1-4(2)5(3-7)9-6(8)10/h4-5H,1-2H3,(H3,8,9,10). The van der Waals surface area contributed by atoms with E-state index in [1.165, 1.54) is 0 Å². The van der Waals surface area contributed by atoms with E-state index in [0.29, 0.717) is 0 Å². The minimum absolute atomic E-state index is 0.0949. The van der Waals surface area contributed by atoms with Crippen LogP contribution in [0.4, 0.5) is 4.79 Å². The van der Waals surface area contributed by atoms with Crippen molar-refractivity contribution in [2.24, 2.45) is 11.7 Å². The van der Waals surface area contributed by atoms with Gasteiger partial charge >= 0.3 is 6.03 Å². The van der Waals surface area contributed by atoms with Crippen molar-refractivity contribution in [3.05, 3.63) is 0 Å². The predicted molar refractivity (Wildman–Crippen MR) is 37.0 cm³/mol. The van der Waals surface area contributed by atoms with Crippen molar-refractivity contribution >= 4 is 6.03 Å². The summed E-state index contributed by atoms with van der Waals surface area (Å²) < 4.78 is 0. The maximum absolute atomic E-state index is 10.2. The molecule has 3 N–H and O–H groups in total. The van der Waals surface area contributed by atoms with Crippen molar-refractivity contribution in [2.75, 3.05) is 0 Å². The molecule has 0 rings (SSSR count). The lowest BCUT2D eigenvalue weighted by Crippen LogP contribution is -2.40. The summed E-state index contributed by atoms with van der Waals surface area (Å²) in [4.78, 5) is 10.2. The highest BCUT2D eigenvalue weighted by atomic mass is 16.2. The van der Waals surface area contributed by atoms with Gasteiger partial charge < -0.3 is 11.1 Å². The second-order valence-electron chi connectivity index (χ2n) is 2.36. The molecule has 0 saturated heterocycles. The summed E-state index contributed by atoms with van der Waals surface area (Å²) in [6.45, 7) is 3.67. The number of carbonyl (C=O) groups is 1. The van der Waals surface area contributed by atoms with Gasteiger partial charge in [0.2, 0.25) is 0 Å². The highest BCUT2D eigenvalue weighted by molar-refractivity contribution is 5.72. The van der Waals surface area contributed by atoms with Gasteiger partial charge in [-0.1, -0.05) is 13.8 Å². The molecule has 0 aromatic rings. The smallest absolute Gasteiger partial charge is 0.313 e. The number of hydrogen-bond donors (Lipinski definition) is 2. The molecule has 4 nitrogen and oxygen atoms in total. The van der Waals surface area contributed by atoms with Crippen LogP contribution >= 0.6 is 0 Å². The van der Waals surface area contributed by atoms with Crippen LogP contribution in [0.25, 0.3) is 0 Å². The predicted octanol–water partition coefficient (Wildman–Crippen LogP) is 0.203. The first kappa shape index (κ1) is 8.76. The SMILES string of the molecule is CC(C)C(C#N)NC(N)=O. The Hall–Kier alpha value is -1.24. The van der Waals surface area contributed by atoms with E-state index >= 15 is 0 Å². The Morgan fingerprint density at radius 3 is 2.30 bits per heavy atom. The molecule has 2 amide bonds. The number of hydrogen-bond acceptors (Lipinski definition) is 2. The van der Waals surface area contributed by atoms with E-state index in [0.717, 1.165) is 0 Å². The third-order valence-electron chi connectivity index (χ3n) is 1.10. The third-order valence-corrected chi connectivity index (χ3v) is 1.10. The Morgan fingerprint density at radius 1 is 1.70 bits per heavy atom. The van der Waals surface area contributed by atoms with Gasteiger partial charge in [0.25, 0.3) is 0 Å². The van der Waals surface area contributed by atoms with Crippen molar-refractivity contribution < 1.29 is 4.79 Å². The molecule has 0 bridgehead atoms. The number of nitrogens with one attached hydrogen (secondary N) is 1. The molecule has 0 radical (unpaired) electrons. The van der Waals surface area contributed by atoms with Crippen LogP contribution in [0.3, 0.4) is 0 Å². The Labute approximate surface area is 60.0 Å². The molecule has 0 saturated carbocycles. The fraction of sp³-hybridized carbons (Fsp3) is 0.667. The van der Waals surface area contributed by atoms with Crippen molar-refractivity contribution in [1.82, 2.24) is 5.32 Å². The topological polar surface area (TPSA) is 78.9 Å². The van der Waals surface area contributed by atoms with Crippen LogP contribution in [0.2, 0.25) is 0 Å². The highest BCUT2D eigenvalue weighted by Gasteiger charge is 2.12. The Balaban J connectivity index is 3.87. The van der Waals surface area contributed by atoms with Crippen LogP contribution in [0.15, 0.2) is 0 Å². The molecule has 0 heterocycles. The monoisotopic (exact) mass is 141 g/mol. The first-order valence-corrected chi connectivity index (χ1v) is 3.03. The minimum atomic E-state index is -0.653. The fourth-order valence-electron chi connectivity index (χ4n) is 0.501. The first-order valence-electron chi connectivity index (χ1n) is 3.03. The van der Waals surface area contributed by atoms with E-state index in [1.54, 1.807) is 0 Å². The summed E-state index contributed by atoms with van der Waals surface area (Å²) in [5, 5.41) is 10.7. The zero-order valence-corrected chi connectivity index (χ0v) is 6.09.